The highest BCUT2D eigenvalue weighted by Gasteiger charge is 2.20. The quantitative estimate of drug-likeness (QED) is 0.804. The molecule has 0 bridgehead atoms. The predicted molar refractivity (Wildman–Crippen MR) is 79.8 cm³/mol. The molecule has 0 aliphatic carbocycles. The summed E-state index contributed by atoms with van der Waals surface area (Å²) in [6.45, 7) is 10.9. The highest BCUT2D eigenvalue weighted by Crippen LogP contribution is 2.14. The molecule has 0 saturated heterocycles. The number of amides is 1. The zero-order valence-electron chi connectivity index (χ0n) is 13.2. The second-order valence-electron chi connectivity index (χ2n) is 5.43. The Balaban J connectivity index is 2.73. The van der Waals surface area contributed by atoms with Crippen molar-refractivity contribution in [3.63, 3.8) is 0 Å². The van der Waals surface area contributed by atoms with Crippen LogP contribution < -0.4 is 5.32 Å². The largest absolute Gasteiger partial charge is 0.391 e. The number of rotatable bonds is 7. The number of nitrogens with zero attached hydrogens (tertiary/aromatic N) is 2. The SMILES string of the molecule is CCCn1nc(C)c(C(=O)NCC(O)C(C)CC)c1C. The molecule has 1 rings (SSSR count). The molecule has 0 aliphatic heterocycles. The molecule has 1 aromatic heterocycles. The van der Waals surface area contributed by atoms with Gasteiger partial charge in [-0.1, -0.05) is 27.2 Å². The maximum atomic E-state index is 12.2. The highest BCUT2D eigenvalue weighted by molar-refractivity contribution is 5.96. The molecule has 0 fully saturated rings. The summed E-state index contributed by atoms with van der Waals surface area (Å²) in [4.78, 5) is 12.2. The number of hydrogen-bond donors (Lipinski definition) is 2. The van der Waals surface area contributed by atoms with Crippen LogP contribution in [0.1, 0.15) is 55.4 Å². The number of hydrogen-bond acceptors (Lipinski definition) is 3. The summed E-state index contributed by atoms with van der Waals surface area (Å²) < 4.78 is 1.87. The van der Waals surface area contributed by atoms with Gasteiger partial charge in [0.25, 0.3) is 5.91 Å². The molecule has 1 amide bonds. The Morgan fingerprint density at radius 2 is 2.05 bits per heavy atom. The number of aromatic nitrogens is 2. The molecule has 2 N–H and O–H groups in total. The lowest BCUT2D eigenvalue weighted by Crippen LogP contribution is -2.35. The zero-order valence-corrected chi connectivity index (χ0v) is 13.2. The first-order chi connectivity index (χ1) is 9.42. The first kappa shape index (κ1) is 16.7. The summed E-state index contributed by atoms with van der Waals surface area (Å²) in [6, 6.07) is 0. The standard InChI is InChI=1S/C15H27N3O2/c1-6-8-18-12(5)14(11(4)17-18)15(20)16-9-13(19)10(3)7-2/h10,13,19H,6-9H2,1-5H3,(H,16,20). The summed E-state index contributed by atoms with van der Waals surface area (Å²) in [7, 11) is 0. The smallest absolute Gasteiger partial charge is 0.255 e. The molecule has 5 nitrogen and oxygen atoms in total. The number of aryl methyl sites for hydroxylation is 2. The fraction of sp³-hybridized carbons (Fsp3) is 0.733. The molecule has 0 radical (unpaired) electrons. The van der Waals surface area contributed by atoms with Gasteiger partial charge >= 0.3 is 0 Å². The van der Waals surface area contributed by atoms with Crippen molar-refractivity contribution in [2.45, 2.75) is 60.1 Å². The van der Waals surface area contributed by atoms with E-state index in [9.17, 15) is 9.90 Å². The van der Waals surface area contributed by atoms with Gasteiger partial charge in [0.2, 0.25) is 0 Å². The summed E-state index contributed by atoms with van der Waals surface area (Å²) in [5.41, 5.74) is 2.26. The van der Waals surface area contributed by atoms with Gasteiger partial charge in [0.05, 0.1) is 17.4 Å². The molecule has 1 aromatic rings. The average Bonchev–Trinajstić information content (AvgIpc) is 2.70. The number of aliphatic hydroxyl groups is 1. The first-order valence-corrected chi connectivity index (χ1v) is 7.42. The Bertz CT molecular complexity index is 454. The van der Waals surface area contributed by atoms with Gasteiger partial charge in [0, 0.05) is 18.8 Å². The fourth-order valence-electron chi connectivity index (χ4n) is 2.21. The minimum atomic E-state index is -0.504. The molecule has 0 spiro atoms. The van der Waals surface area contributed by atoms with Gasteiger partial charge in [-0.05, 0) is 26.2 Å². The van der Waals surface area contributed by atoms with Crippen molar-refractivity contribution in [2.24, 2.45) is 5.92 Å². The molecule has 0 aromatic carbocycles. The number of carbonyl (C=O) groups excluding carboxylic acids is 1. The third kappa shape index (κ3) is 3.82. The Kier molecular flexibility index (Phi) is 6.20. The summed E-state index contributed by atoms with van der Waals surface area (Å²) in [6.07, 6.45) is 1.37. The van der Waals surface area contributed by atoms with E-state index in [0.29, 0.717) is 5.56 Å². The third-order valence-electron chi connectivity index (χ3n) is 3.82. The van der Waals surface area contributed by atoms with Crippen LogP contribution in [0, 0.1) is 19.8 Å². The number of aliphatic hydroxyl groups excluding tert-OH is 1. The molecule has 2 atom stereocenters. The van der Waals surface area contributed by atoms with E-state index in [4.69, 9.17) is 0 Å². The zero-order chi connectivity index (χ0) is 15.3. The van der Waals surface area contributed by atoms with Gasteiger partial charge < -0.3 is 10.4 Å². The van der Waals surface area contributed by atoms with Crippen LogP contribution in [0.25, 0.3) is 0 Å². The van der Waals surface area contributed by atoms with E-state index in [1.54, 1.807) is 0 Å². The van der Waals surface area contributed by atoms with E-state index in [-0.39, 0.29) is 18.4 Å². The monoisotopic (exact) mass is 281 g/mol. The van der Waals surface area contributed by atoms with Crippen molar-refractivity contribution in [1.29, 1.82) is 0 Å². The molecule has 2 unspecified atom stereocenters. The van der Waals surface area contributed by atoms with Crippen molar-refractivity contribution < 1.29 is 9.90 Å². The van der Waals surface area contributed by atoms with Crippen LogP contribution in [0.2, 0.25) is 0 Å². The average molecular weight is 281 g/mol. The van der Waals surface area contributed by atoms with E-state index in [1.807, 2.05) is 32.4 Å². The highest BCUT2D eigenvalue weighted by atomic mass is 16.3. The minimum Gasteiger partial charge on any atom is -0.391 e. The third-order valence-corrected chi connectivity index (χ3v) is 3.82. The van der Waals surface area contributed by atoms with Gasteiger partial charge in [0.15, 0.2) is 0 Å². The molecule has 114 valence electrons. The van der Waals surface area contributed by atoms with Crippen molar-refractivity contribution in [3.8, 4) is 0 Å². The molecule has 5 heteroatoms. The topological polar surface area (TPSA) is 67.2 Å². The van der Waals surface area contributed by atoms with Crippen LogP contribution in [-0.2, 0) is 6.54 Å². The molecule has 0 saturated carbocycles. The molecule has 1 heterocycles. The Morgan fingerprint density at radius 1 is 1.40 bits per heavy atom. The van der Waals surface area contributed by atoms with Gasteiger partial charge in [-0.15, -0.1) is 0 Å². The van der Waals surface area contributed by atoms with Crippen LogP contribution in [-0.4, -0.2) is 33.4 Å². The second-order valence-corrected chi connectivity index (χ2v) is 5.43. The second kappa shape index (κ2) is 7.43. The molecular weight excluding hydrogens is 254 g/mol. The lowest BCUT2D eigenvalue weighted by molar-refractivity contribution is 0.0849. The molecular formula is C15H27N3O2. The van der Waals surface area contributed by atoms with E-state index in [1.165, 1.54) is 0 Å². The molecule has 20 heavy (non-hydrogen) atoms. The predicted octanol–water partition coefficient (Wildman–Crippen LogP) is 2.05. The van der Waals surface area contributed by atoms with E-state index >= 15 is 0 Å². The summed E-state index contributed by atoms with van der Waals surface area (Å²) >= 11 is 0. The van der Waals surface area contributed by atoms with Crippen LogP contribution >= 0.6 is 0 Å². The summed E-state index contributed by atoms with van der Waals surface area (Å²) in [5.74, 6) is 0.0324. The fourth-order valence-corrected chi connectivity index (χ4v) is 2.21. The maximum Gasteiger partial charge on any atom is 0.255 e. The van der Waals surface area contributed by atoms with E-state index in [0.717, 1.165) is 30.8 Å². The number of nitrogens with one attached hydrogen (secondary N) is 1. The van der Waals surface area contributed by atoms with Gasteiger partial charge in [-0.3, -0.25) is 9.48 Å². The van der Waals surface area contributed by atoms with Crippen LogP contribution in [0.15, 0.2) is 0 Å². The summed E-state index contributed by atoms with van der Waals surface area (Å²) in [5, 5.41) is 17.1. The van der Waals surface area contributed by atoms with Gasteiger partial charge in [-0.2, -0.15) is 5.10 Å². The van der Waals surface area contributed by atoms with Crippen LogP contribution in [0.5, 0.6) is 0 Å². The van der Waals surface area contributed by atoms with E-state index in [2.05, 4.69) is 17.3 Å². The van der Waals surface area contributed by atoms with Gasteiger partial charge in [-0.25, -0.2) is 0 Å². The van der Waals surface area contributed by atoms with Crippen LogP contribution in [0.4, 0.5) is 0 Å². The van der Waals surface area contributed by atoms with Crippen molar-refractivity contribution in [2.75, 3.05) is 6.54 Å². The Labute approximate surface area is 121 Å². The lowest BCUT2D eigenvalue weighted by atomic mass is 10.0. The van der Waals surface area contributed by atoms with E-state index < -0.39 is 6.10 Å². The lowest BCUT2D eigenvalue weighted by Gasteiger charge is -2.17. The van der Waals surface area contributed by atoms with Crippen molar-refractivity contribution in [3.05, 3.63) is 17.0 Å². The Morgan fingerprint density at radius 3 is 2.60 bits per heavy atom. The molecule has 0 aliphatic rings. The minimum absolute atomic E-state index is 0.148. The van der Waals surface area contributed by atoms with Crippen LogP contribution in [0.3, 0.4) is 0 Å². The normalized spacial score (nSPS) is 14.1. The van der Waals surface area contributed by atoms with Crippen molar-refractivity contribution in [1.82, 2.24) is 15.1 Å². The van der Waals surface area contributed by atoms with Gasteiger partial charge in [0.1, 0.15) is 0 Å². The maximum absolute atomic E-state index is 12.2. The Hall–Kier alpha value is -1.36. The number of carbonyl (C=O) groups is 1. The first-order valence-electron chi connectivity index (χ1n) is 7.42. The van der Waals surface area contributed by atoms with Crippen molar-refractivity contribution >= 4 is 5.91 Å².